The highest BCUT2D eigenvalue weighted by Gasteiger charge is 2.16. The highest BCUT2D eigenvalue weighted by Crippen LogP contribution is 2.20. The number of rotatable bonds is 6. The molecular weight excluding hydrogens is 274 g/mol. The molecule has 0 amide bonds. The van der Waals surface area contributed by atoms with Crippen LogP contribution in [-0.4, -0.2) is 20.6 Å². The average molecular weight is 287 g/mol. The van der Waals surface area contributed by atoms with Crippen LogP contribution >= 0.6 is 11.3 Å². The molecule has 0 saturated carbocycles. The predicted octanol–water partition coefficient (Wildman–Crippen LogP) is 0.934. The van der Waals surface area contributed by atoms with Crippen molar-refractivity contribution >= 4 is 21.4 Å². The van der Waals surface area contributed by atoms with E-state index in [0.29, 0.717) is 16.4 Å². The van der Waals surface area contributed by atoms with Gasteiger partial charge < -0.3 is 9.84 Å². The molecule has 98 valence electrons. The van der Waals surface area contributed by atoms with E-state index in [-0.39, 0.29) is 6.54 Å². The van der Waals surface area contributed by atoms with E-state index >= 15 is 0 Å². The molecule has 0 unspecified atom stereocenters. The van der Waals surface area contributed by atoms with Crippen molar-refractivity contribution in [3.8, 4) is 0 Å². The molecule has 0 fully saturated rings. The first-order chi connectivity index (χ1) is 8.62. The Morgan fingerprint density at radius 1 is 1.44 bits per heavy atom. The zero-order valence-corrected chi connectivity index (χ0v) is 11.3. The molecule has 6 nitrogen and oxygen atoms in total. The molecule has 0 bridgehead atoms. The quantitative estimate of drug-likeness (QED) is 0.826. The summed E-state index contributed by atoms with van der Waals surface area (Å²) in [6, 6.07) is 3.27. The summed E-state index contributed by atoms with van der Waals surface area (Å²) in [4.78, 5) is 0. The molecule has 0 aliphatic heterocycles. The molecule has 18 heavy (non-hydrogen) atoms. The third-order valence-electron chi connectivity index (χ3n) is 2.21. The van der Waals surface area contributed by atoms with Gasteiger partial charge in [0, 0.05) is 12.6 Å². The van der Waals surface area contributed by atoms with Crippen molar-refractivity contribution in [1.82, 2.24) is 15.2 Å². The maximum absolute atomic E-state index is 12.0. The van der Waals surface area contributed by atoms with Gasteiger partial charge in [-0.15, -0.1) is 11.3 Å². The van der Waals surface area contributed by atoms with Gasteiger partial charge in [-0.1, -0.05) is 5.16 Å². The molecule has 8 heteroatoms. The van der Waals surface area contributed by atoms with Crippen molar-refractivity contribution in [3.63, 3.8) is 0 Å². The van der Waals surface area contributed by atoms with Crippen molar-refractivity contribution < 1.29 is 12.9 Å². The average Bonchev–Trinajstić information content (AvgIpc) is 2.98. The Balaban J connectivity index is 2.05. The van der Waals surface area contributed by atoms with Gasteiger partial charge in [0.25, 0.3) is 0 Å². The Hall–Kier alpha value is -1.22. The summed E-state index contributed by atoms with van der Waals surface area (Å²) in [5, 5.41) is 8.43. The molecule has 0 radical (unpaired) electrons. The van der Waals surface area contributed by atoms with Crippen molar-refractivity contribution in [3.05, 3.63) is 35.0 Å². The lowest BCUT2D eigenvalue weighted by molar-refractivity contribution is 0.411. The van der Waals surface area contributed by atoms with Gasteiger partial charge in [-0.05, 0) is 24.1 Å². The lowest BCUT2D eigenvalue weighted by Gasteiger charge is -2.01. The molecule has 2 aromatic heterocycles. The maximum atomic E-state index is 12.0. The first-order valence-electron chi connectivity index (χ1n) is 5.23. The van der Waals surface area contributed by atoms with Crippen molar-refractivity contribution in [1.29, 1.82) is 0 Å². The van der Waals surface area contributed by atoms with Gasteiger partial charge >= 0.3 is 0 Å². The highest BCUT2D eigenvalue weighted by molar-refractivity contribution is 7.91. The van der Waals surface area contributed by atoms with Crippen molar-refractivity contribution in [2.45, 2.75) is 17.3 Å². The molecule has 2 aromatic rings. The summed E-state index contributed by atoms with van der Waals surface area (Å²) in [5.74, 6) is 0. The highest BCUT2D eigenvalue weighted by atomic mass is 32.2. The van der Waals surface area contributed by atoms with Crippen LogP contribution in [0.4, 0.5) is 0 Å². The van der Waals surface area contributed by atoms with Crippen LogP contribution in [0.15, 0.2) is 32.5 Å². The van der Waals surface area contributed by atoms with Crippen LogP contribution < -0.4 is 10.0 Å². The van der Waals surface area contributed by atoms with E-state index in [0.717, 1.165) is 5.56 Å². The van der Waals surface area contributed by atoms with Gasteiger partial charge in [-0.25, -0.2) is 13.1 Å². The van der Waals surface area contributed by atoms with E-state index < -0.39 is 10.0 Å². The Morgan fingerprint density at radius 3 is 2.94 bits per heavy atom. The monoisotopic (exact) mass is 287 g/mol. The third-order valence-corrected chi connectivity index (χ3v) is 5.10. The van der Waals surface area contributed by atoms with E-state index in [1.807, 2.05) is 12.4 Å². The zero-order chi connectivity index (χ0) is 13.0. The summed E-state index contributed by atoms with van der Waals surface area (Å²) < 4.78 is 31.3. The van der Waals surface area contributed by atoms with E-state index in [1.54, 1.807) is 12.1 Å². The molecule has 0 aliphatic carbocycles. The second-order valence-corrected chi connectivity index (χ2v) is 6.52. The third kappa shape index (κ3) is 3.16. The zero-order valence-electron chi connectivity index (χ0n) is 9.71. The maximum Gasteiger partial charge on any atom is 0.250 e. The summed E-state index contributed by atoms with van der Waals surface area (Å²) >= 11 is 1.20. The number of sulfonamides is 1. The van der Waals surface area contributed by atoms with E-state index in [9.17, 15) is 8.42 Å². The van der Waals surface area contributed by atoms with Crippen LogP contribution in [0.25, 0.3) is 0 Å². The lowest BCUT2D eigenvalue weighted by Crippen LogP contribution is -2.22. The van der Waals surface area contributed by atoms with E-state index in [2.05, 4.69) is 19.7 Å². The molecule has 0 spiro atoms. The normalized spacial score (nSPS) is 11.8. The summed E-state index contributed by atoms with van der Waals surface area (Å²) in [5.41, 5.74) is 1.50. The largest absolute Gasteiger partial charge is 0.364 e. The molecule has 2 rings (SSSR count). The van der Waals surface area contributed by atoms with Gasteiger partial charge in [-0.3, -0.25) is 0 Å². The Morgan fingerprint density at radius 2 is 2.28 bits per heavy atom. The number of hydrogen-bond acceptors (Lipinski definition) is 6. The predicted molar refractivity (Wildman–Crippen MR) is 67.6 cm³/mol. The SMILES string of the molecule is CNCc1csc(S(=O)(=O)NCc2ccon2)c1. The number of hydrogen-bond donors (Lipinski definition) is 2. The fourth-order valence-electron chi connectivity index (χ4n) is 1.36. The summed E-state index contributed by atoms with van der Waals surface area (Å²) in [6.07, 6.45) is 1.40. The molecule has 2 heterocycles. The van der Waals surface area contributed by atoms with Crippen molar-refractivity contribution in [2.75, 3.05) is 7.05 Å². The van der Waals surface area contributed by atoms with Gasteiger partial charge in [0.15, 0.2) is 0 Å². The number of aromatic nitrogens is 1. The number of thiophene rings is 1. The summed E-state index contributed by atoms with van der Waals surface area (Å²) in [6.45, 7) is 0.771. The van der Waals surface area contributed by atoms with Gasteiger partial charge in [0.1, 0.15) is 10.5 Å². The molecular formula is C10H13N3O3S2. The molecule has 0 atom stereocenters. The fourth-order valence-corrected chi connectivity index (χ4v) is 3.61. The number of nitrogens with one attached hydrogen (secondary N) is 2. The minimum absolute atomic E-state index is 0.123. The lowest BCUT2D eigenvalue weighted by atomic mass is 10.3. The molecule has 0 aromatic carbocycles. The van der Waals surface area contributed by atoms with E-state index in [1.165, 1.54) is 17.6 Å². The Kier molecular flexibility index (Phi) is 4.12. The Bertz CT molecular complexity index is 590. The minimum Gasteiger partial charge on any atom is -0.364 e. The van der Waals surface area contributed by atoms with Crippen molar-refractivity contribution in [2.24, 2.45) is 0 Å². The fraction of sp³-hybridized carbons (Fsp3) is 0.300. The molecule has 0 aliphatic rings. The van der Waals surface area contributed by atoms with Crippen LogP contribution in [0.5, 0.6) is 0 Å². The standard InChI is InChI=1S/C10H13N3O3S2/c1-11-5-8-4-10(17-7-8)18(14,15)12-6-9-2-3-16-13-9/h2-4,7,11-12H,5-6H2,1H3. The first-order valence-corrected chi connectivity index (χ1v) is 7.59. The Labute approximate surface area is 109 Å². The van der Waals surface area contributed by atoms with E-state index in [4.69, 9.17) is 0 Å². The van der Waals surface area contributed by atoms with Crippen LogP contribution in [0, 0.1) is 0 Å². The van der Waals surface area contributed by atoms with Gasteiger partial charge in [-0.2, -0.15) is 0 Å². The van der Waals surface area contributed by atoms with Crippen LogP contribution in [-0.2, 0) is 23.1 Å². The topological polar surface area (TPSA) is 84.2 Å². The summed E-state index contributed by atoms with van der Waals surface area (Å²) in [7, 11) is -1.66. The van der Waals surface area contributed by atoms with Crippen LogP contribution in [0.1, 0.15) is 11.3 Å². The first kappa shape index (κ1) is 13.2. The molecule has 0 saturated heterocycles. The minimum atomic E-state index is -3.47. The van der Waals surface area contributed by atoms with Gasteiger partial charge in [0.2, 0.25) is 10.0 Å². The second-order valence-electron chi connectivity index (χ2n) is 3.62. The van der Waals surface area contributed by atoms with Crippen LogP contribution in [0.2, 0.25) is 0 Å². The molecule has 2 N–H and O–H groups in total. The second kappa shape index (κ2) is 5.61. The smallest absolute Gasteiger partial charge is 0.250 e. The van der Waals surface area contributed by atoms with Gasteiger partial charge in [0.05, 0.1) is 12.2 Å². The van der Waals surface area contributed by atoms with Crippen LogP contribution in [0.3, 0.4) is 0 Å². The number of nitrogens with zero attached hydrogens (tertiary/aromatic N) is 1.